The number of carbonyl (C=O) groups excluding carboxylic acids is 1. The third-order valence-electron chi connectivity index (χ3n) is 3.67. The smallest absolute Gasteiger partial charge is 0.220 e. The van der Waals surface area contributed by atoms with Crippen LogP contribution in [0.3, 0.4) is 0 Å². The topological polar surface area (TPSA) is 55.1 Å². The van der Waals surface area contributed by atoms with Gasteiger partial charge in [-0.25, -0.2) is 0 Å². The van der Waals surface area contributed by atoms with E-state index in [1.54, 1.807) is 11.3 Å². The molecule has 1 atom stereocenters. The lowest BCUT2D eigenvalue weighted by Gasteiger charge is -2.12. The van der Waals surface area contributed by atoms with Crippen LogP contribution in [0.4, 0.5) is 5.69 Å². The van der Waals surface area contributed by atoms with Crippen molar-refractivity contribution in [1.29, 1.82) is 0 Å². The number of nitrogens with one attached hydrogen (secondary N) is 1. The van der Waals surface area contributed by atoms with Crippen molar-refractivity contribution >= 4 is 22.9 Å². The molecule has 2 rings (SSSR count). The van der Waals surface area contributed by atoms with Crippen LogP contribution in [0.1, 0.15) is 40.1 Å². The van der Waals surface area contributed by atoms with Crippen LogP contribution in [0, 0.1) is 13.8 Å². The maximum Gasteiger partial charge on any atom is 0.220 e. The zero-order valence-corrected chi connectivity index (χ0v) is 13.6. The minimum atomic E-state index is 0.0861. The SMILES string of the molecule is Cc1cc(CNC(=O)CC(C)c2ccc(N)cc2)sc1C. The van der Waals surface area contributed by atoms with Gasteiger partial charge in [-0.1, -0.05) is 19.1 Å². The third-order valence-corrected chi connectivity index (χ3v) is 4.83. The molecule has 0 bridgehead atoms. The van der Waals surface area contributed by atoms with Crippen LogP contribution in [0.5, 0.6) is 0 Å². The molecule has 0 fully saturated rings. The third kappa shape index (κ3) is 4.33. The van der Waals surface area contributed by atoms with Gasteiger partial charge < -0.3 is 11.1 Å². The van der Waals surface area contributed by atoms with Gasteiger partial charge in [0.1, 0.15) is 0 Å². The molecule has 3 N–H and O–H groups in total. The van der Waals surface area contributed by atoms with E-state index in [0.29, 0.717) is 13.0 Å². The molecule has 112 valence electrons. The van der Waals surface area contributed by atoms with Crippen molar-refractivity contribution in [1.82, 2.24) is 5.32 Å². The van der Waals surface area contributed by atoms with Crippen molar-refractivity contribution in [3.63, 3.8) is 0 Å². The van der Waals surface area contributed by atoms with Gasteiger partial charge in [0.15, 0.2) is 0 Å². The average molecular weight is 302 g/mol. The summed E-state index contributed by atoms with van der Waals surface area (Å²) >= 11 is 1.74. The van der Waals surface area contributed by atoms with E-state index in [9.17, 15) is 4.79 Å². The Labute approximate surface area is 130 Å². The second-order valence-corrected chi connectivity index (χ2v) is 6.84. The minimum absolute atomic E-state index is 0.0861. The van der Waals surface area contributed by atoms with Crippen LogP contribution in [0.2, 0.25) is 0 Å². The predicted molar refractivity (Wildman–Crippen MR) is 89.5 cm³/mol. The predicted octanol–water partition coefficient (Wildman–Crippen LogP) is 3.76. The molecular weight excluding hydrogens is 280 g/mol. The molecule has 0 aliphatic carbocycles. The zero-order valence-electron chi connectivity index (χ0n) is 12.8. The molecule has 0 spiro atoms. The van der Waals surface area contributed by atoms with E-state index in [-0.39, 0.29) is 11.8 Å². The van der Waals surface area contributed by atoms with Gasteiger partial charge >= 0.3 is 0 Å². The van der Waals surface area contributed by atoms with Gasteiger partial charge in [0, 0.05) is 21.9 Å². The summed E-state index contributed by atoms with van der Waals surface area (Å²) in [4.78, 5) is 14.5. The summed E-state index contributed by atoms with van der Waals surface area (Å²) in [7, 11) is 0. The van der Waals surface area contributed by atoms with Crippen LogP contribution in [0.25, 0.3) is 0 Å². The Hall–Kier alpha value is -1.81. The molecule has 0 radical (unpaired) electrons. The number of carbonyl (C=O) groups is 1. The molecule has 21 heavy (non-hydrogen) atoms. The Morgan fingerprint density at radius 2 is 1.95 bits per heavy atom. The fraction of sp³-hybridized carbons (Fsp3) is 0.353. The van der Waals surface area contributed by atoms with Crippen molar-refractivity contribution in [3.8, 4) is 0 Å². The molecule has 0 saturated heterocycles. The van der Waals surface area contributed by atoms with Crippen LogP contribution in [-0.4, -0.2) is 5.91 Å². The van der Waals surface area contributed by atoms with Crippen LogP contribution in [-0.2, 0) is 11.3 Å². The first-order valence-electron chi connectivity index (χ1n) is 7.13. The highest BCUT2D eigenvalue weighted by atomic mass is 32.1. The molecule has 0 aliphatic rings. The number of hydrogen-bond donors (Lipinski definition) is 2. The summed E-state index contributed by atoms with van der Waals surface area (Å²) in [5.74, 6) is 0.278. The van der Waals surface area contributed by atoms with E-state index in [1.807, 2.05) is 24.3 Å². The fourth-order valence-electron chi connectivity index (χ4n) is 2.22. The Bertz CT molecular complexity index is 597. The molecule has 1 heterocycles. The molecule has 1 aromatic heterocycles. The summed E-state index contributed by atoms with van der Waals surface area (Å²) in [6.45, 7) is 6.88. The first kappa shape index (κ1) is 15.6. The first-order chi connectivity index (χ1) is 9.95. The molecule has 4 heteroatoms. The lowest BCUT2D eigenvalue weighted by molar-refractivity contribution is -0.121. The van der Waals surface area contributed by atoms with Gasteiger partial charge in [0.2, 0.25) is 5.91 Å². The quantitative estimate of drug-likeness (QED) is 0.826. The highest BCUT2D eigenvalue weighted by molar-refractivity contribution is 7.12. The van der Waals surface area contributed by atoms with Gasteiger partial charge in [-0.05, 0) is 49.1 Å². The van der Waals surface area contributed by atoms with Crippen molar-refractivity contribution < 1.29 is 4.79 Å². The van der Waals surface area contributed by atoms with Crippen LogP contribution in [0.15, 0.2) is 30.3 Å². The number of nitrogens with two attached hydrogens (primary N) is 1. The second-order valence-electron chi connectivity index (χ2n) is 5.50. The lowest BCUT2D eigenvalue weighted by atomic mass is 9.97. The van der Waals surface area contributed by atoms with Crippen molar-refractivity contribution in [3.05, 3.63) is 51.2 Å². The monoisotopic (exact) mass is 302 g/mol. The summed E-state index contributed by atoms with van der Waals surface area (Å²) in [6.07, 6.45) is 0.493. The number of thiophene rings is 1. The number of amides is 1. The maximum atomic E-state index is 12.0. The number of hydrogen-bond acceptors (Lipinski definition) is 3. The van der Waals surface area contributed by atoms with E-state index in [4.69, 9.17) is 5.73 Å². The zero-order chi connectivity index (χ0) is 15.4. The molecule has 1 aromatic carbocycles. The molecular formula is C17H22N2OS. The van der Waals surface area contributed by atoms with Crippen LogP contribution < -0.4 is 11.1 Å². The first-order valence-corrected chi connectivity index (χ1v) is 7.95. The summed E-state index contributed by atoms with van der Waals surface area (Å²) in [5.41, 5.74) is 8.86. The van der Waals surface area contributed by atoms with Gasteiger partial charge in [-0.3, -0.25) is 4.79 Å². The number of rotatable bonds is 5. The summed E-state index contributed by atoms with van der Waals surface area (Å²) < 4.78 is 0. The Morgan fingerprint density at radius 3 is 2.52 bits per heavy atom. The summed E-state index contributed by atoms with van der Waals surface area (Å²) in [6, 6.07) is 9.87. The van der Waals surface area contributed by atoms with E-state index in [0.717, 1.165) is 11.3 Å². The lowest BCUT2D eigenvalue weighted by Crippen LogP contribution is -2.23. The van der Waals surface area contributed by atoms with Crippen molar-refractivity contribution in [2.75, 3.05) is 5.73 Å². The minimum Gasteiger partial charge on any atom is -0.399 e. The largest absolute Gasteiger partial charge is 0.399 e. The molecule has 1 amide bonds. The van der Waals surface area contributed by atoms with Gasteiger partial charge in [-0.2, -0.15) is 0 Å². The van der Waals surface area contributed by atoms with E-state index in [2.05, 4.69) is 32.2 Å². The van der Waals surface area contributed by atoms with Crippen molar-refractivity contribution in [2.45, 2.75) is 39.7 Å². The number of nitrogen functional groups attached to an aromatic ring is 1. The number of anilines is 1. The van der Waals surface area contributed by atoms with E-state index < -0.39 is 0 Å². The standard InChI is InChI=1S/C17H22N2OS/c1-11-8-16(21-13(11)3)10-19-17(20)9-12(2)14-4-6-15(18)7-5-14/h4-8,12H,9-10,18H2,1-3H3,(H,19,20). The normalized spacial score (nSPS) is 12.1. The van der Waals surface area contributed by atoms with Crippen LogP contribution >= 0.6 is 11.3 Å². The van der Waals surface area contributed by atoms with Gasteiger partial charge in [-0.15, -0.1) is 11.3 Å². The Morgan fingerprint density at radius 1 is 1.29 bits per heavy atom. The Kier molecular flexibility index (Phi) is 5.02. The number of benzene rings is 1. The Balaban J connectivity index is 1.85. The molecule has 3 nitrogen and oxygen atoms in total. The molecule has 0 saturated carbocycles. The second kappa shape index (κ2) is 6.76. The fourth-order valence-corrected chi connectivity index (χ4v) is 3.21. The average Bonchev–Trinajstić information content (AvgIpc) is 2.76. The van der Waals surface area contributed by atoms with E-state index in [1.165, 1.54) is 15.3 Å². The van der Waals surface area contributed by atoms with Gasteiger partial charge in [0.25, 0.3) is 0 Å². The van der Waals surface area contributed by atoms with Gasteiger partial charge in [0.05, 0.1) is 6.54 Å². The molecule has 1 unspecified atom stereocenters. The molecule has 2 aromatic rings. The number of aryl methyl sites for hydroxylation is 2. The van der Waals surface area contributed by atoms with E-state index >= 15 is 0 Å². The highest BCUT2D eigenvalue weighted by Gasteiger charge is 2.11. The highest BCUT2D eigenvalue weighted by Crippen LogP contribution is 2.22. The van der Waals surface area contributed by atoms with Crippen molar-refractivity contribution in [2.24, 2.45) is 0 Å². The molecule has 0 aliphatic heterocycles. The summed E-state index contributed by atoms with van der Waals surface area (Å²) in [5, 5.41) is 3.00. The maximum absolute atomic E-state index is 12.0.